The van der Waals surface area contributed by atoms with E-state index >= 15 is 0 Å². The maximum absolute atomic E-state index is 12.8. The Balaban J connectivity index is 1.72. The zero-order valence-electron chi connectivity index (χ0n) is 14.7. The minimum Gasteiger partial charge on any atom is -0.466 e. The molecule has 0 amide bonds. The Morgan fingerprint density at radius 3 is 2.75 bits per heavy atom. The Morgan fingerprint density at radius 1 is 1.29 bits per heavy atom. The lowest BCUT2D eigenvalue weighted by Crippen LogP contribution is -2.53. The predicted octanol–water partition coefficient (Wildman–Crippen LogP) is 4.29. The number of allylic oxidation sites excluding steroid dienone is 1. The first-order chi connectivity index (χ1) is 11.7. The van der Waals surface area contributed by atoms with E-state index in [9.17, 15) is 4.79 Å². The van der Waals surface area contributed by atoms with Crippen molar-refractivity contribution in [3.63, 3.8) is 0 Å². The SMILES string of the molecule is CCOC(=O)[C@@]1(C/C=C/c2ccccc2)CCCN(C2CCC2)C1. The molecular weight excluding hydrogens is 298 g/mol. The highest BCUT2D eigenvalue weighted by Gasteiger charge is 2.44. The van der Waals surface area contributed by atoms with Gasteiger partial charge in [0.05, 0.1) is 12.0 Å². The molecule has 1 aromatic carbocycles. The van der Waals surface area contributed by atoms with Crippen molar-refractivity contribution >= 4 is 12.0 Å². The molecule has 1 aromatic rings. The molecule has 130 valence electrons. The first-order valence-electron chi connectivity index (χ1n) is 9.36. The van der Waals surface area contributed by atoms with Crippen molar-refractivity contribution < 1.29 is 9.53 Å². The maximum atomic E-state index is 12.8. The molecule has 3 heteroatoms. The molecule has 3 rings (SSSR count). The normalized spacial score (nSPS) is 25.5. The molecule has 2 aliphatic rings. The lowest BCUT2D eigenvalue weighted by atomic mass is 9.75. The summed E-state index contributed by atoms with van der Waals surface area (Å²) in [7, 11) is 0. The lowest BCUT2D eigenvalue weighted by Gasteiger charge is -2.46. The van der Waals surface area contributed by atoms with Gasteiger partial charge in [0.15, 0.2) is 0 Å². The molecule has 1 saturated heterocycles. The van der Waals surface area contributed by atoms with Gasteiger partial charge in [0, 0.05) is 12.6 Å². The highest BCUT2D eigenvalue weighted by molar-refractivity contribution is 5.78. The van der Waals surface area contributed by atoms with E-state index in [1.54, 1.807) is 0 Å². The summed E-state index contributed by atoms with van der Waals surface area (Å²) in [5, 5.41) is 0. The highest BCUT2D eigenvalue weighted by atomic mass is 16.5. The van der Waals surface area contributed by atoms with Gasteiger partial charge >= 0.3 is 5.97 Å². The molecule has 0 unspecified atom stereocenters. The topological polar surface area (TPSA) is 29.5 Å². The van der Waals surface area contributed by atoms with E-state index in [4.69, 9.17) is 4.74 Å². The van der Waals surface area contributed by atoms with Crippen molar-refractivity contribution in [1.29, 1.82) is 0 Å². The summed E-state index contributed by atoms with van der Waals surface area (Å²) < 4.78 is 5.47. The number of nitrogens with zero attached hydrogens (tertiary/aromatic N) is 1. The van der Waals surface area contributed by atoms with Crippen LogP contribution in [0.25, 0.3) is 6.08 Å². The minimum atomic E-state index is -0.366. The van der Waals surface area contributed by atoms with Crippen LogP contribution >= 0.6 is 0 Å². The van der Waals surface area contributed by atoms with Crippen LogP contribution in [0.2, 0.25) is 0 Å². The maximum Gasteiger partial charge on any atom is 0.313 e. The van der Waals surface area contributed by atoms with Crippen LogP contribution in [0, 0.1) is 5.41 Å². The van der Waals surface area contributed by atoms with E-state index in [1.165, 1.54) is 24.8 Å². The van der Waals surface area contributed by atoms with Crippen molar-refractivity contribution in [2.75, 3.05) is 19.7 Å². The van der Waals surface area contributed by atoms with Gasteiger partial charge in [0.25, 0.3) is 0 Å². The molecule has 0 N–H and O–H groups in total. The minimum absolute atomic E-state index is 0.00765. The number of esters is 1. The van der Waals surface area contributed by atoms with Gasteiger partial charge < -0.3 is 4.74 Å². The lowest BCUT2D eigenvalue weighted by molar-refractivity contribution is -0.160. The quantitative estimate of drug-likeness (QED) is 0.730. The molecule has 1 aliphatic heterocycles. The van der Waals surface area contributed by atoms with Crippen LogP contribution in [0.1, 0.15) is 51.0 Å². The second-order valence-electron chi connectivity index (χ2n) is 7.18. The summed E-state index contributed by atoms with van der Waals surface area (Å²) in [4.78, 5) is 15.3. The first kappa shape index (κ1) is 17.2. The average Bonchev–Trinajstić information content (AvgIpc) is 2.55. The number of ether oxygens (including phenoxy) is 1. The molecule has 2 fully saturated rings. The van der Waals surface area contributed by atoms with Gasteiger partial charge in [-0.3, -0.25) is 9.69 Å². The van der Waals surface area contributed by atoms with Crippen molar-refractivity contribution in [2.24, 2.45) is 5.41 Å². The first-order valence-corrected chi connectivity index (χ1v) is 9.36. The van der Waals surface area contributed by atoms with E-state index in [0.29, 0.717) is 12.6 Å². The molecule has 1 saturated carbocycles. The summed E-state index contributed by atoms with van der Waals surface area (Å²) >= 11 is 0. The van der Waals surface area contributed by atoms with Crippen LogP contribution in [0.5, 0.6) is 0 Å². The highest BCUT2D eigenvalue weighted by Crippen LogP contribution is 2.39. The summed E-state index contributed by atoms with van der Waals surface area (Å²) in [6.07, 6.45) is 11.0. The van der Waals surface area contributed by atoms with Crippen LogP contribution in [0.15, 0.2) is 36.4 Å². The Hall–Kier alpha value is -1.61. The molecular formula is C21H29NO2. The van der Waals surface area contributed by atoms with Gasteiger partial charge in [0.1, 0.15) is 0 Å². The number of piperidine rings is 1. The third-order valence-corrected chi connectivity index (χ3v) is 5.52. The van der Waals surface area contributed by atoms with Gasteiger partial charge in [0.2, 0.25) is 0 Å². The number of rotatable bonds is 6. The van der Waals surface area contributed by atoms with Crippen LogP contribution in [-0.4, -0.2) is 36.6 Å². The summed E-state index contributed by atoms with van der Waals surface area (Å²) in [5.74, 6) is -0.00765. The summed E-state index contributed by atoms with van der Waals surface area (Å²) in [6.45, 7) is 4.36. The fourth-order valence-electron chi connectivity index (χ4n) is 3.92. The molecule has 1 heterocycles. The predicted molar refractivity (Wildman–Crippen MR) is 97.6 cm³/mol. The van der Waals surface area contributed by atoms with E-state index < -0.39 is 0 Å². The fraction of sp³-hybridized carbons (Fsp3) is 0.571. The zero-order chi connectivity index (χ0) is 16.8. The van der Waals surface area contributed by atoms with Gasteiger partial charge in [-0.2, -0.15) is 0 Å². The molecule has 0 spiro atoms. The second-order valence-corrected chi connectivity index (χ2v) is 7.18. The molecule has 3 nitrogen and oxygen atoms in total. The largest absolute Gasteiger partial charge is 0.466 e. The fourth-order valence-corrected chi connectivity index (χ4v) is 3.92. The van der Waals surface area contributed by atoms with Crippen LogP contribution < -0.4 is 0 Å². The Labute approximate surface area is 145 Å². The number of hydrogen-bond acceptors (Lipinski definition) is 3. The molecule has 0 radical (unpaired) electrons. The van der Waals surface area contributed by atoms with E-state index in [-0.39, 0.29) is 11.4 Å². The number of hydrogen-bond donors (Lipinski definition) is 0. The van der Waals surface area contributed by atoms with Crippen molar-refractivity contribution in [2.45, 2.75) is 51.5 Å². The average molecular weight is 327 g/mol. The molecule has 1 aliphatic carbocycles. The van der Waals surface area contributed by atoms with E-state index in [2.05, 4.69) is 29.2 Å². The third-order valence-electron chi connectivity index (χ3n) is 5.52. The number of likely N-dealkylation sites (tertiary alicyclic amines) is 1. The van der Waals surface area contributed by atoms with Crippen LogP contribution in [-0.2, 0) is 9.53 Å². The Kier molecular flexibility index (Phi) is 5.72. The molecule has 0 aromatic heterocycles. The number of carbonyl (C=O) groups excluding carboxylic acids is 1. The molecule has 24 heavy (non-hydrogen) atoms. The third kappa shape index (κ3) is 3.89. The Morgan fingerprint density at radius 2 is 2.08 bits per heavy atom. The zero-order valence-corrected chi connectivity index (χ0v) is 14.7. The smallest absolute Gasteiger partial charge is 0.313 e. The van der Waals surface area contributed by atoms with Crippen molar-refractivity contribution in [1.82, 2.24) is 4.90 Å². The molecule has 0 bridgehead atoms. The van der Waals surface area contributed by atoms with Crippen LogP contribution in [0.4, 0.5) is 0 Å². The van der Waals surface area contributed by atoms with Gasteiger partial charge in [-0.15, -0.1) is 0 Å². The van der Waals surface area contributed by atoms with Gasteiger partial charge in [-0.1, -0.05) is 48.9 Å². The number of benzene rings is 1. The van der Waals surface area contributed by atoms with E-state index in [1.807, 2.05) is 25.1 Å². The standard InChI is InChI=1S/C21H29NO2/c1-2-24-20(23)21(14-7-11-18-9-4-3-5-10-18)15-8-16-22(17-21)19-12-6-13-19/h3-5,7,9-11,19H,2,6,8,12-17H2,1H3/b11-7+/t21-/m0/s1. The van der Waals surface area contributed by atoms with Gasteiger partial charge in [-0.05, 0) is 51.1 Å². The van der Waals surface area contributed by atoms with Crippen molar-refractivity contribution in [3.8, 4) is 0 Å². The van der Waals surface area contributed by atoms with Crippen molar-refractivity contribution in [3.05, 3.63) is 42.0 Å². The Bertz CT molecular complexity index is 564. The number of carbonyl (C=O) groups is 1. The van der Waals surface area contributed by atoms with Gasteiger partial charge in [-0.25, -0.2) is 0 Å². The van der Waals surface area contributed by atoms with Crippen LogP contribution in [0.3, 0.4) is 0 Å². The molecule has 1 atom stereocenters. The van der Waals surface area contributed by atoms with E-state index in [0.717, 1.165) is 32.4 Å². The second kappa shape index (κ2) is 7.98. The monoisotopic (exact) mass is 327 g/mol. The summed E-state index contributed by atoms with van der Waals surface area (Å²) in [6, 6.07) is 11.0. The summed E-state index contributed by atoms with van der Waals surface area (Å²) in [5.41, 5.74) is 0.818.